The highest BCUT2D eigenvalue weighted by Crippen LogP contribution is 2.29. The van der Waals surface area contributed by atoms with Crippen LogP contribution in [0, 0.1) is 6.92 Å². The molecular weight excluding hydrogens is 379 g/mol. The van der Waals surface area contributed by atoms with E-state index in [-0.39, 0.29) is 6.54 Å². The van der Waals surface area contributed by atoms with E-state index in [1.807, 2.05) is 0 Å². The average Bonchev–Trinajstić information content (AvgIpc) is 3.01. The third-order valence-electron chi connectivity index (χ3n) is 4.04. The molecule has 0 atom stereocenters. The van der Waals surface area contributed by atoms with E-state index < -0.39 is 17.6 Å². The Morgan fingerprint density at radius 3 is 2.63 bits per heavy atom. The molecule has 140 valence electrons. The maximum atomic E-state index is 12.8. The van der Waals surface area contributed by atoms with Crippen LogP contribution in [0.15, 0.2) is 54.7 Å². The van der Waals surface area contributed by atoms with Crippen LogP contribution in [0.2, 0.25) is 5.02 Å². The SMILES string of the molecule is Cc1c(C(=O)NCc2cccc(C(F)(F)F)c2)cnn1-c1ccccc1Cl. The van der Waals surface area contributed by atoms with Gasteiger partial charge in [-0.1, -0.05) is 35.9 Å². The number of carbonyl (C=O) groups is 1. The van der Waals surface area contributed by atoms with E-state index in [0.29, 0.717) is 27.5 Å². The number of hydrogen-bond donors (Lipinski definition) is 1. The molecule has 2 aromatic carbocycles. The van der Waals surface area contributed by atoms with Crippen molar-refractivity contribution in [1.29, 1.82) is 0 Å². The van der Waals surface area contributed by atoms with Gasteiger partial charge >= 0.3 is 6.18 Å². The maximum Gasteiger partial charge on any atom is 0.416 e. The summed E-state index contributed by atoms with van der Waals surface area (Å²) >= 11 is 6.16. The molecule has 1 amide bonds. The Morgan fingerprint density at radius 2 is 1.93 bits per heavy atom. The molecule has 0 aliphatic heterocycles. The van der Waals surface area contributed by atoms with Gasteiger partial charge in [0, 0.05) is 6.54 Å². The second-order valence-corrected chi connectivity index (χ2v) is 6.29. The van der Waals surface area contributed by atoms with Gasteiger partial charge in [0.25, 0.3) is 5.91 Å². The highest BCUT2D eigenvalue weighted by molar-refractivity contribution is 6.32. The lowest BCUT2D eigenvalue weighted by molar-refractivity contribution is -0.137. The summed E-state index contributed by atoms with van der Waals surface area (Å²) in [5.74, 6) is -0.428. The zero-order valence-corrected chi connectivity index (χ0v) is 15.0. The molecule has 4 nitrogen and oxygen atoms in total. The number of alkyl halides is 3. The van der Waals surface area contributed by atoms with Gasteiger partial charge in [0.2, 0.25) is 0 Å². The Labute approximate surface area is 158 Å². The summed E-state index contributed by atoms with van der Waals surface area (Å²) in [6.07, 6.45) is -3.02. The molecule has 3 rings (SSSR count). The third kappa shape index (κ3) is 4.14. The van der Waals surface area contributed by atoms with Crippen LogP contribution in [0.1, 0.15) is 27.2 Å². The summed E-state index contributed by atoms with van der Waals surface area (Å²) < 4.78 is 39.9. The summed E-state index contributed by atoms with van der Waals surface area (Å²) in [6, 6.07) is 11.9. The van der Waals surface area contributed by atoms with Crippen LogP contribution in [0.4, 0.5) is 13.2 Å². The number of hydrogen-bond acceptors (Lipinski definition) is 2. The first kappa shape index (κ1) is 19.0. The van der Waals surface area contributed by atoms with Gasteiger partial charge in [0.1, 0.15) is 0 Å². The van der Waals surface area contributed by atoms with E-state index in [1.165, 1.54) is 18.3 Å². The lowest BCUT2D eigenvalue weighted by atomic mass is 10.1. The minimum absolute atomic E-state index is 0.0283. The van der Waals surface area contributed by atoms with E-state index in [4.69, 9.17) is 11.6 Å². The van der Waals surface area contributed by atoms with Crippen LogP contribution in [-0.4, -0.2) is 15.7 Å². The fourth-order valence-corrected chi connectivity index (χ4v) is 2.85. The monoisotopic (exact) mass is 393 g/mol. The lowest BCUT2D eigenvalue weighted by Crippen LogP contribution is -2.23. The maximum absolute atomic E-state index is 12.8. The van der Waals surface area contributed by atoms with Gasteiger partial charge < -0.3 is 5.32 Å². The molecule has 1 aromatic heterocycles. The van der Waals surface area contributed by atoms with Crippen molar-refractivity contribution in [3.8, 4) is 5.69 Å². The Balaban J connectivity index is 1.76. The lowest BCUT2D eigenvalue weighted by Gasteiger charge is -2.10. The van der Waals surface area contributed by atoms with Crippen molar-refractivity contribution < 1.29 is 18.0 Å². The Morgan fingerprint density at radius 1 is 1.19 bits per heavy atom. The van der Waals surface area contributed by atoms with Gasteiger partial charge in [-0.15, -0.1) is 0 Å². The standard InChI is InChI=1S/C19H15ClF3N3O/c1-12-15(11-25-26(12)17-8-3-2-7-16(17)20)18(27)24-10-13-5-4-6-14(9-13)19(21,22)23/h2-9,11H,10H2,1H3,(H,24,27). The Hall–Kier alpha value is -2.80. The highest BCUT2D eigenvalue weighted by Gasteiger charge is 2.30. The summed E-state index contributed by atoms with van der Waals surface area (Å²) in [6.45, 7) is 1.69. The molecule has 0 bridgehead atoms. The molecule has 1 N–H and O–H groups in total. The van der Waals surface area contributed by atoms with E-state index in [2.05, 4.69) is 10.4 Å². The normalized spacial score (nSPS) is 11.4. The molecule has 0 radical (unpaired) electrons. The zero-order valence-electron chi connectivity index (χ0n) is 14.2. The molecule has 0 saturated carbocycles. The molecule has 8 heteroatoms. The van der Waals surface area contributed by atoms with Crippen molar-refractivity contribution in [2.24, 2.45) is 0 Å². The highest BCUT2D eigenvalue weighted by atomic mass is 35.5. The third-order valence-corrected chi connectivity index (χ3v) is 4.36. The zero-order chi connectivity index (χ0) is 19.6. The number of nitrogens with zero attached hydrogens (tertiary/aromatic N) is 2. The first-order valence-corrected chi connectivity index (χ1v) is 8.39. The summed E-state index contributed by atoms with van der Waals surface area (Å²) in [4.78, 5) is 12.4. The topological polar surface area (TPSA) is 46.9 Å². The molecule has 0 aliphatic rings. The number of aromatic nitrogens is 2. The summed E-state index contributed by atoms with van der Waals surface area (Å²) in [7, 11) is 0. The molecule has 1 heterocycles. The minimum Gasteiger partial charge on any atom is -0.348 e. The van der Waals surface area contributed by atoms with Crippen molar-refractivity contribution in [3.63, 3.8) is 0 Å². The average molecular weight is 394 g/mol. The first-order chi connectivity index (χ1) is 12.8. The number of para-hydroxylation sites is 1. The fraction of sp³-hybridized carbons (Fsp3) is 0.158. The van der Waals surface area contributed by atoms with Crippen LogP contribution in [0.25, 0.3) is 5.69 Å². The van der Waals surface area contributed by atoms with Crippen LogP contribution >= 0.6 is 11.6 Å². The fourth-order valence-electron chi connectivity index (χ4n) is 2.63. The second-order valence-electron chi connectivity index (χ2n) is 5.89. The van der Waals surface area contributed by atoms with Gasteiger partial charge in [-0.3, -0.25) is 4.79 Å². The minimum atomic E-state index is -4.42. The van der Waals surface area contributed by atoms with Crippen molar-refractivity contribution in [2.45, 2.75) is 19.6 Å². The van der Waals surface area contributed by atoms with Gasteiger partial charge in [0.05, 0.1) is 33.7 Å². The van der Waals surface area contributed by atoms with Crippen molar-refractivity contribution >= 4 is 17.5 Å². The van der Waals surface area contributed by atoms with Crippen LogP contribution in [0.5, 0.6) is 0 Å². The number of benzene rings is 2. The molecule has 0 fully saturated rings. The Kier molecular flexibility index (Phi) is 5.23. The van der Waals surface area contributed by atoms with E-state index >= 15 is 0 Å². The smallest absolute Gasteiger partial charge is 0.348 e. The van der Waals surface area contributed by atoms with Crippen LogP contribution in [0.3, 0.4) is 0 Å². The first-order valence-electron chi connectivity index (χ1n) is 8.01. The number of nitrogens with one attached hydrogen (secondary N) is 1. The molecule has 0 unspecified atom stereocenters. The predicted molar refractivity (Wildman–Crippen MR) is 95.9 cm³/mol. The van der Waals surface area contributed by atoms with Crippen molar-refractivity contribution in [2.75, 3.05) is 0 Å². The quantitative estimate of drug-likeness (QED) is 0.693. The molecule has 0 spiro atoms. The number of carbonyl (C=O) groups excluding carboxylic acids is 1. The van der Waals surface area contributed by atoms with Crippen molar-refractivity contribution in [1.82, 2.24) is 15.1 Å². The number of amides is 1. The summed E-state index contributed by atoms with van der Waals surface area (Å²) in [5.41, 5.74) is 1.13. The number of rotatable bonds is 4. The van der Waals surface area contributed by atoms with E-state index in [0.717, 1.165) is 12.1 Å². The largest absolute Gasteiger partial charge is 0.416 e. The second kappa shape index (κ2) is 7.44. The number of halogens is 4. The van der Waals surface area contributed by atoms with Gasteiger partial charge in [0.15, 0.2) is 0 Å². The Bertz CT molecular complexity index is 982. The van der Waals surface area contributed by atoms with Crippen molar-refractivity contribution in [3.05, 3.63) is 82.1 Å². The predicted octanol–water partition coefficient (Wildman–Crippen LogP) is 4.78. The van der Waals surface area contributed by atoms with Gasteiger partial charge in [-0.2, -0.15) is 18.3 Å². The van der Waals surface area contributed by atoms with Crippen LogP contribution in [-0.2, 0) is 12.7 Å². The molecular formula is C19H15ClF3N3O. The van der Waals surface area contributed by atoms with Gasteiger partial charge in [-0.05, 0) is 36.8 Å². The van der Waals surface area contributed by atoms with E-state index in [9.17, 15) is 18.0 Å². The summed E-state index contributed by atoms with van der Waals surface area (Å²) in [5, 5.41) is 7.30. The van der Waals surface area contributed by atoms with Gasteiger partial charge in [-0.25, -0.2) is 4.68 Å². The van der Waals surface area contributed by atoms with E-state index in [1.54, 1.807) is 35.9 Å². The van der Waals surface area contributed by atoms with Crippen LogP contribution < -0.4 is 5.32 Å². The molecule has 0 saturated heterocycles. The molecule has 27 heavy (non-hydrogen) atoms. The molecule has 0 aliphatic carbocycles. The molecule has 3 aromatic rings.